The third kappa shape index (κ3) is 9.55. The highest BCUT2D eigenvalue weighted by atomic mass is 16.5. The van der Waals surface area contributed by atoms with Crippen LogP contribution in [-0.4, -0.2) is 73.4 Å². The molecule has 4 amide bonds. The number of esters is 1. The minimum Gasteiger partial charge on any atom is -0.462 e. The van der Waals surface area contributed by atoms with Crippen molar-refractivity contribution in [3.05, 3.63) is 23.8 Å². The summed E-state index contributed by atoms with van der Waals surface area (Å²) in [4.78, 5) is 61.1. The zero-order valence-electron chi connectivity index (χ0n) is 32.5. The van der Waals surface area contributed by atoms with Crippen molar-refractivity contribution in [3.63, 3.8) is 0 Å². The highest BCUT2D eigenvalue weighted by Gasteiger charge is 2.59. The van der Waals surface area contributed by atoms with Crippen molar-refractivity contribution >= 4 is 29.6 Å². The Kier molecular flexibility index (Phi) is 13.8. The zero-order valence-corrected chi connectivity index (χ0v) is 32.5. The maximum absolute atomic E-state index is 12.8. The number of carbonyl (C=O) groups is 5. The molecule has 1 aliphatic heterocycles. The lowest BCUT2D eigenvalue weighted by atomic mass is 9.47. The summed E-state index contributed by atoms with van der Waals surface area (Å²) in [6.07, 6.45) is 18.5. The number of ether oxygens (including phenoxy) is 2. The summed E-state index contributed by atoms with van der Waals surface area (Å²) in [5.41, 5.74) is 2.19. The lowest BCUT2D eigenvalue weighted by molar-refractivity contribution is -0.152. The molecule has 5 aliphatic rings. The minimum absolute atomic E-state index is 0.0231. The molecule has 5 rings (SSSR count). The van der Waals surface area contributed by atoms with E-state index in [0.717, 1.165) is 59.7 Å². The maximum atomic E-state index is 12.8. The summed E-state index contributed by atoms with van der Waals surface area (Å²) >= 11 is 0. The Hall–Kier alpha value is -3.01. The molecule has 290 valence electrons. The molecule has 3 fully saturated rings. The molecule has 0 saturated heterocycles. The van der Waals surface area contributed by atoms with E-state index < -0.39 is 11.8 Å². The van der Waals surface area contributed by atoms with E-state index in [1.54, 1.807) is 0 Å². The fraction of sp³-hybridized carbons (Fsp3) is 0.786. The van der Waals surface area contributed by atoms with Crippen molar-refractivity contribution in [1.82, 2.24) is 15.5 Å². The third-order valence-electron chi connectivity index (χ3n) is 13.7. The van der Waals surface area contributed by atoms with E-state index in [9.17, 15) is 24.0 Å². The van der Waals surface area contributed by atoms with E-state index in [4.69, 9.17) is 9.47 Å². The van der Waals surface area contributed by atoms with Crippen molar-refractivity contribution in [3.8, 4) is 0 Å². The molecular formula is C42H65N3O7. The molecule has 2 N–H and O–H groups in total. The van der Waals surface area contributed by atoms with Gasteiger partial charge in [-0.25, -0.2) is 0 Å². The Morgan fingerprint density at radius 3 is 2.25 bits per heavy atom. The topological polar surface area (TPSA) is 131 Å². The molecule has 1 heterocycles. The Balaban J connectivity index is 0.956. The highest BCUT2D eigenvalue weighted by molar-refractivity contribution is 6.13. The number of carbonyl (C=O) groups excluding carboxylic acids is 5. The van der Waals surface area contributed by atoms with Gasteiger partial charge in [-0.3, -0.25) is 28.9 Å². The lowest BCUT2D eigenvalue weighted by Crippen LogP contribution is -2.51. The maximum Gasteiger partial charge on any atom is 0.306 e. The van der Waals surface area contributed by atoms with E-state index >= 15 is 0 Å². The van der Waals surface area contributed by atoms with Crippen LogP contribution in [0.5, 0.6) is 0 Å². The smallest absolute Gasteiger partial charge is 0.306 e. The number of nitrogens with zero attached hydrogens (tertiary/aromatic N) is 1. The summed E-state index contributed by atoms with van der Waals surface area (Å²) in [7, 11) is 0. The van der Waals surface area contributed by atoms with Crippen LogP contribution in [0.1, 0.15) is 125 Å². The van der Waals surface area contributed by atoms with Gasteiger partial charge >= 0.3 is 5.97 Å². The lowest BCUT2D eigenvalue weighted by Gasteiger charge is -2.58. The number of nitrogens with one attached hydrogen (secondary N) is 2. The van der Waals surface area contributed by atoms with Crippen molar-refractivity contribution < 1.29 is 33.4 Å². The number of imide groups is 1. The second-order valence-electron chi connectivity index (χ2n) is 17.4. The van der Waals surface area contributed by atoms with Crippen LogP contribution in [0.25, 0.3) is 0 Å². The number of fused-ring (bicyclic) bond motifs is 5. The first-order valence-electron chi connectivity index (χ1n) is 20.4. The van der Waals surface area contributed by atoms with Crippen molar-refractivity contribution in [2.24, 2.45) is 46.3 Å². The van der Waals surface area contributed by atoms with Gasteiger partial charge in [0.15, 0.2) is 0 Å². The first-order chi connectivity index (χ1) is 24.8. The number of hydrogen-bond acceptors (Lipinski definition) is 7. The highest BCUT2D eigenvalue weighted by Crippen LogP contribution is 2.67. The summed E-state index contributed by atoms with van der Waals surface area (Å²) in [6, 6.07) is 0. The molecule has 10 heteroatoms. The second-order valence-corrected chi connectivity index (χ2v) is 17.4. The summed E-state index contributed by atoms with van der Waals surface area (Å²) in [6.45, 7) is 13.5. The molecule has 0 radical (unpaired) electrons. The Labute approximate surface area is 311 Å². The van der Waals surface area contributed by atoms with Gasteiger partial charge in [0, 0.05) is 51.0 Å². The summed E-state index contributed by atoms with van der Waals surface area (Å²) < 4.78 is 11.4. The fourth-order valence-corrected chi connectivity index (χ4v) is 10.9. The molecule has 0 aromatic rings. The number of rotatable bonds is 18. The van der Waals surface area contributed by atoms with Crippen molar-refractivity contribution in [2.45, 2.75) is 131 Å². The van der Waals surface area contributed by atoms with Crippen LogP contribution in [0.3, 0.4) is 0 Å². The van der Waals surface area contributed by atoms with Crippen LogP contribution < -0.4 is 10.6 Å². The van der Waals surface area contributed by atoms with E-state index in [-0.39, 0.29) is 74.9 Å². The molecule has 52 heavy (non-hydrogen) atoms. The van der Waals surface area contributed by atoms with Crippen molar-refractivity contribution in [1.29, 1.82) is 0 Å². The van der Waals surface area contributed by atoms with Gasteiger partial charge in [-0.2, -0.15) is 0 Å². The van der Waals surface area contributed by atoms with Gasteiger partial charge in [-0.15, -0.1) is 0 Å². The summed E-state index contributed by atoms with van der Waals surface area (Å²) in [5.74, 6) is 3.17. The van der Waals surface area contributed by atoms with Gasteiger partial charge in [0.05, 0.1) is 19.6 Å². The third-order valence-corrected chi connectivity index (χ3v) is 13.7. The summed E-state index contributed by atoms with van der Waals surface area (Å²) in [5, 5.41) is 5.44. The monoisotopic (exact) mass is 723 g/mol. The van der Waals surface area contributed by atoms with Crippen molar-refractivity contribution in [2.75, 3.05) is 32.8 Å². The van der Waals surface area contributed by atoms with Crippen LogP contribution >= 0.6 is 0 Å². The Morgan fingerprint density at radius 1 is 0.865 bits per heavy atom. The fourth-order valence-electron chi connectivity index (χ4n) is 10.9. The second kappa shape index (κ2) is 17.9. The van der Waals surface area contributed by atoms with E-state index in [0.29, 0.717) is 12.0 Å². The average molecular weight is 724 g/mol. The van der Waals surface area contributed by atoms with Gasteiger partial charge in [0.25, 0.3) is 11.8 Å². The molecule has 0 unspecified atom stereocenters. The first-order valence-corrected chi connectivity index (χ1v) is 20.4. The quantitative estimate of drug-likeness (QED) is 0.0737. The van der Waals surface area contributed by atoms with Crippen LogP contribution in [0.2, 0.25) is 0 Å². The predicted molar refractivity (Wildman–Crippen MR) is 199 cm³/mol. The minimum atomic E-state index is -0.410. The predicted octanol–water partition coefficient (Wildman–Crippen LogP) is 6.28. The van der Waals surface area contributed by atoms with Gasteiger partial charge in [0.2, 0.25) is 11.8 Å². The van der Waals surface area contributed by atoms with E-state index in [1.807, 2.05) is 0 Å². The van der Waals surface area contributed by atoms with E-state index in [2.05, 4.69) is 51.3 Å². The molecule has 0 bridgehead atoms. The SMILES string of the molecule is CC(C)CCC[C@@H](C)[C@H]1CC[C@H]2[C@@H]3CC=C4C[C@H](OC(=O)CCC(=O)NCCOCCNC(=O)CCN5C(=O)C=CC5=O)CC[C@]4(C)[C@H]3CC[C@]12C. The van der Waals surface area contributed by atoms with Crippen LogP contribution in [0.15, 0.2) is 23.8 Å². The normalized spacial score (nSPS) is 31.5. The number of allylic oxidation sites excluding steroid dienone is 1. The standard InChI is InChI=1S/C42H65N3O7/c1-28(2)7-6-8-29(3)33-11-12-34-32-10-9-30-27-31(17-20-41(30,4)35(32)18-21-42(33,34)5)52-40(50)16-13-36(46)43-22-25-51-26-23-44-37(47)19-24-45-38(48)14-15-39(45)49/h9,14-15,28-29,31-35H,6-8,10-13,16-27H2,1-5H3,(H,43,46)(H,44,47)/t29-,31-,32+,33-,34+,35+,41+,42-/m1/s1. The molecule has 8 atom stereocenters. The molecule has 0 aromatic heterocycles. The Bertz CT molecular complexity index is 1360. The number of amides is 4. The van der Waals surface area contributed by atoms with Gasteiger partial charge < -0.3 is 20.1 Å². The first kappa shape index (κ1) is 40.2. The molecule has 0 spiro atoms. The molecule has 10 nitrogen and oxygen atoms in total. The largest absolute Gasteiger partial charge is 0.462 e. The molecule has 0 aromatic carbocycles. The molecular weight excluding hydrogens is 658 g/mol. The average Bonchev–Trinajstić information content (AvgIpc) is 3.63. The van der Waals surface area contributed by atoms with Gasteiger partial charge in [-0.1, -0.05) is 65.5 Å². The van der Waals surface area contributed by atoms with Crippen LogP contribution in [0, 0.1) is 46.3 Å². The molecule has 3 saturated carbocycles. The van der Waals surface area contributed by atoms with Gasteiger partial charge in [-0.05, 0) is 91.3 Å². The number of hydrogen-bond donors (Lipinski definition) is 2. The van der Waals surface area contributed by atoms with Crippen LogP contribution in [-0.2, 0) is 33.4 Å². The van der Waals surface area contributed by atoms with E-state index in [1.165, 1.54) is 69.1 Å². The zero-order chi connectivity index (χ0) is 37.5. The van der Waals surface area contributed by atoms with Crippen LogP contribution in [0.4, 0.5) is 0 Å². The Morgan fingerprint density at radius 2 is 1.56 bits per heavy atom. The van der Waals surface area contributed by atoms with Gasteiger partial charge in [0.1, 0.15) is 6.10 Å². The molecule has 4 aliphatic carbocycles.